The van der Waals surface area contributed by atoms with Crippen LogP contribution in [0.2, 0.25) is 20.1 Å². The minimum absolute atomic E-state index is 0.00185. The summed E-state index contributed by atoms with van der Waals surface area (Å²) in [5, 5.41) is 3.42. The van der Waals surface area contributed by atoms with Crippen LogP contribution in [0.4, 0.5) is 5.69 Å². The van der Waals surface area contributed by atoms with E-state index < -0.39 is 28.5 Å². The minimum atomic E-state index is -3.97. The number of amides is 2. The van der Waals surface area contributed by atoms with Crippen LogP contribution < -0.4 is 9.62 Å². The monoisotopic (exact) mass is 581 g/mol. The number of anilines is 1. The van der Waals surface area contributed by atoms with E-state index in [-0.39, 0.29) is 39.1 Å². The molecule has 0 heterocycles. The highest BCUT2D eigenvalue weighted by atomic mass is 35.5. The van der Waals surface area contributed by atoms with Crippen LogP contribution in [0.15, 0.2) is 36.4 Å². The first-order valence-electron chi connectivity index (χ1n) is 10.6. The lowest BCUT2D eigenvalue weighted by atomic mass is 10.1. The number of carbonyl (C=O) groups excluding carboxylic acids is 2. The molecule has 0 spiro atoms. The lowest BCUT2D eigenvalue weighted by Crippen LogP contribution is -2.51. The van der Waals surface area contributed by atoms with Crippen LogP contribution in [-0.2, 0) is 26.2 Å². The molecule has 0 saturated heterocycles. The second-order valence-electron chi connectivity index (χ2n) is 8.42. The summed E-state index contributed by atoms with van der Waals surface area (Å²) in [6.45, 7) is 5.25. The lowest BCUT2D eigenvalue weighted by molar-refractivity contribution is -0.139. The van der Waals surface area contributed by atoms with Crippen molar-refractivity contribution in [2.45, 2.75) is 33.4 Å². The van der Waals surface area contributed by atoms with Crippen LogP contribution in [0.5, 0.6) is 0 Å². The molecule has 0 aliphatic carbocycles. The van der Waals surface area contributed by atoms with Crippen molar-refractivity contribution >= 4 is 73.9 Å². The van der Waals surface area contributed by atoms with Crippen molar-refractivity contribution < 1.29 is 18.0 Å². The number of carbonyl (C=O) groups is 2. The Morgan fingerprint density at radius 3 is 2.11 bits per heavy atom. The zero-order chi connectivity index (χ0) is 26.5. The van der Waals surface area contributed by atoms with Gasteiger partial charge in [0.1, 0.15) is 12.6 Å². The summed E-state index contributed by atoms with van der Waals surface area (Å²) in [4.78, 5) is 27.6. The molecule has 1 unspecified atom stereocenters. The van der Waals surface area contributed by atoms with E-state index in [0.29, 0.717) is 17.1 Å². The number of hydrogen-bond donors (Lipinski definition) is 1. The van der Waals surface area contributed by atoms with Crippen LogP contribution in [0, 0.1) is 5.92 Å². The van der Waals surface area contributed by atoms with Gasteiger partial charge in [-0.05, 0) is 36.6 Å². The molecule has 192 valence electrons. The first kappa shape index (κ1) is 29.5. The Hall–Kier alpha value is -1.71. The van der Waals surface area contributed by atoms with Gasteiger partial charge in [0.15, 0.2) is 0 Å². The zero-order valence-electron chi connectivity index (χ0n) is 19.7. The fourth-order valence-electron chi connectivity index (χ4n) is 3.14. The number of rotatable bonds is 10. The first-order valence-corrected chi connectivity index (χ1v) is 14.0. The number of nitrogens with zero attached hydrogens (tertiary/aromatic N) is 2. The molecule has 2 aromatic carbocycles. The molecule has 2 amide bonds. The first-order chi connectivity index (χ1) is 16.2. The smallest absolute Gasteiger partial charge is 0.244 e. The normalized spacial score (nSPS) is 12.4. The second-order valence-corrected chi connectivity index (χ2v) is 12.0. The summed E-state index contributed by atoms with van der Waals surface area (Å²) in [6, 6.07) is 8.56. The van der Waals surface area contributed by atoms with Crippen LogP contribution >= 0.6 is 46.4 Å². The van der Waals surface area contributed by atoms with Crippen LogP contribution in [0.3, 0.4) is 0 Å². The number of nitrogens with one attached hydrogen (secondary N) is 1. The summed E-state index contributed by atoms with van der Waals surface area (Å²) >= 11 is 24.6. The minimum Gasteiger partial charge on any atom is -0.354 e. The van der Waals surface area contributed by atoms with Gasteiger partial charge in [-0.2, -0.15) is 0 Å². The maximum Gasteiger partial charge on any atom is 0.244 e. The van der Waals surface area contributed by atoms with E-state index in [4.69, 9.17) is 46.4 Å². The van der Waals surface area contributed by atoms with Crippen molar-refractivity contribution in [1.29, 1.82) is 0 Å². The fraction of sp³-hybridized carbons (Fsp3) is 0.391. The molecule has 0 aliphatic rings. The average Bonchev–Trinajstić information content (AvgIpc) is 2.76. The van der Waals surface area contributed by atoms with Crippen LogP contribution in [-0.4, -0.2) is 50.5 Å². The summed E-state index contributed by atoms with van der Waals surface area (Å²) < 4.78 is 26.1. The van der Waals surface area contributed by atoms with E-state index in [1.54, 1.807) is 31.2 Å². The van der Waals surface area contributed by atoms with E-state index in [9.17, 15) is 18.0 Å². The van der Waals surface area contributed by atoms with Gasteiger partial charge >= 0.3 is 0 Å². The molecule has 2 aromatic rings. The molecule has 0 fully saturated rings. The average molecular weight is 583 g/mol. The molecule has 0 saturated carbocycles. The van der Waals surface area contributed by atoms with E-state index in [1.807, 2.05) is 13.8 Å². The third kappa shape index (κ3) is 8.15. The Morgan fingerprint density at radius 1 is 0.943 bits per heavy atom. The number of halogens is 4. The molecule has 0 bridgehead atoms. The lowest BCUT2D eigenvalue weighted by Gasteiger charge is -2.32. The Kier molecular flexibility index (Phi) is 10.5. The third-order valence-corrected chi connectivity index (χ3v) is 7.61. The Balaban J connectivity index is 2.45. The van der Waals surface area contributed by atoms with E-state index in [2.05, 4.69) is 5.32 Å². The summed E-state index contributed by atoms with van der Waals surface area (Å²) in [6.07, 6.45) is 0.941. The summed E-state index contributed by atoms with van der Waals surface area (Å²) in [5.74, 6) is -0.807. The topological polar surface area (TPSA) is 86.8 Å². The van der Waals surface area contributed by atoms with Crippen molar-refractivity contribution in [3.8, 4) is 0 Å². The summed E-state index contributed by atoms with van der Waals surface area (Å²) in [7, 11) is -3.97. The summed E-state index contributed by atoms with van der Waals surface area (Å²) in [5.41, 5.74) is 0.594. The van der Waals surface area contributed by atoms with Gasteiger partial charge in [0.05, 0.1) is 27.0 Å². The number of sulfonamides is 1. The quantitative estimate of drug-likeness (QED) is 0.387. The largest absolute Gasteiger partial charge is 0.354 e. The van der Waals surface area contributed by atoms with Gasteiger partial charge in [-0.25, -0.2) is 8.42 Å². The Bertz CT molecular complexity index is 1190. The van der Waals surface area contributed by atoms with Crippen molar-refractivity contribution in [2.24, 2.45) is 5.92 Å². The van der Waals surface area contributed by atoms with Crippen LogP contribution in [0.1, 0.15) is 26.3 Å². The Morgan fingerprint density at radius 2 is 1.54 bits per heavy atom. The van der Waals surface area contributed by atoms with E-state index in [1.165, 1.54) is 17.0 Å². The van der Waals surface area contributed by atoms with Gasteiger partial charge in [-0.15, -0.1) is 0 Å². The maximum absolute atomic E-state index is 13.5. The molecule has 35 heavy (non-hydrogen) atoms. The van der Waals surface area contributed by atoms with Crippen molar-refractivity contribution in [2.75, 3.05) is 23.7 Å². The highest BCUT2D eigenvalue weighted by molar-refractivity contribution is 7.92. The SMILES string of the molecule is CC(C)CNC(=O)C(C)N(Cc1ccccc1Cl)C(=O)CN(c1cc(Cl)c(Cl)cc1Cl)S(C)(=O)=O. The van der Waals surface area contributed by atoms with E-state index in [0.717, 1.165) is 10.6 Å². The van der Waals surface area contributed by atoms with Gasteiger partial charge in [-0.1, -0.05) is 78.5 Å². The van der Waals surface area contributed by atoms with Gasteiger partial charge < -0.3 is 10.2 Å². The molecule has 0 aromatic heterocycles. The highest BCUT2D eigenvalue weighted by Crippen LogP contribution is 2.35. The Labute approximate surface area is 226 Å². The molecule has 2 rings (SSSR count). The van der Waals surface area contributed by atoms with Crippen molar-refractivity contribution in [1.82, 2.24) is 10.2 Å². The predicted molar refractivity (Wildman–Crippen MR) is 143 cm³/mol. The second kappa shape index (κ2) is 12.5. The van der Waals surface area contributed by atoms with Gasteiger partial charge in [0, 0.05) is 18.1 Å². The fourth-order valence-corrected chi connectivity index (χ4v) is 4.89. The number of hydrogen-bond acceptors (Lipinski definition) is 4. The number of benzene rings is 2. The predicted octanol–water partition coefficient (Wildman–Crippen LogP) is 5.26. The molecular weight excluding hydrogens is 556 g/mol. The third-order valence-electron chi connectivity index (χ3n) is 5.09. The molecule has 12 heteroatoms. The maximum atomic E-state index is 13.5. The van der Waals surface area contributed by atoms with Crippen LogP contribution in [0.25, 0.3) is 0 Å². The highest BCUT2D eigenvalue weighted by Gasteiger charge is 2.31. The van der Waals surface area contributed by atoms with Gasteiger partial charge in [0.25, 0.3) is 0 Å². The van der Waals surface area contributed by atoms with E-state index >= 15 is 0 Å². The van der Waals surface area contributed by atoms with Crippen molar-refractivity contribution in [3.63, 3.8) is 0 Å². The molecule has 0 radical (unpaired) electrons. The van der Waals surface area contributed by atoms with Gasteiger partial charge in [-0.3, -0.25) is 13.9 Å². The zero-order valence-corrected chi connectivity index (χ0v) is 23.5. The molecular formula is C23H27Cl4N3O4S. The standard InChI is InChI=1S/C23H27Cl4N3O4S/c1-14(2)11-28-23(32)15(3)29(12-16-7-5-6-8-17(16)24)22(31)13-30(35(4,33)34)21-10-19(26)18(25)9-20(21)27/h5-10,14-15H,11-13H2,1-4H3,(H,28,32). The van der Waals surface area contributed by atoms with Gasteiger partial charge in [0.2, 0.25) is 21.8 Å². The molecule has 0 aliphatic heterocycles. The molecule has 1 atom stereocenters. The van der Waals surface area contributed by atoms with Crippen molar-refractivity contribution in [3.05, 3.63) is 62.1 Å². The molecule has 1 N–H and O–H groups in total. The molecule has 7 nitrogen and oxygen atoms in total.